The number of hydrogen-bond acceptors (Lipinski definition) is 3. The summed E-state index contributed by atoms with van der Waals surface area (Å²) in [5.74, 6) is -0.473. The Balaban J connectivity index is 2.77. The summed E-state index contributed by atoms with van der Waals surface area (Å²) in [6.45, 7) is 1.99. The molecule has 0 aliphatic carbocycles. The summed E-state index contributed by atoms with van der Waals surface area (Å²) in [6.07, 6.45) is 0. The van der Waals surface area contributed by atoms with Crippen LogP contribution in [0.5, 0.6) is 0 Å². The van der Waals surface area contributed by atoms with E-state index in [0.29, 0.717) is 5.82 Å². The van der Waals surface area contributed by atoms with Crippen LogP contribution in [0.3, 0.4) is 0 Å². The number of rotatable bonds is 2. The quantitative estimate of drug-likeness (QED) is 0.860. The molecule has 0 saturated heterocycles. The van der Waals surface area contributed by atoms with Crippen LogP contribution in [-0.4, -0.2) is 30.2 Å². The van der Waals surface area contributed by atoms with Crippen molar-refractivity contribution in [2.45, 2.75) is 6.92 Å². The highest BCUT2D eigenvalue weighted by molar-refractivity contribution is 5.98. The van der Waals surface area contributed by atoms with E-state index in [-0.39, 0.29) is 5.56 Å². The molecular weight excluding hydrogens is 216 g/mol. The van der Waals surface area contributed by atoms with Crippen molar-refractivity contribution in [1.82, 2.24) is 4.98 Å². The van der Waals surface area contributed by atoms with Gasteiger partial charge in [-0.15, -0.1) is 0 Å². The van der Waals surface area contributed by atoms with Crippen LogP contribution in [0.25, 0.3) is 10.9 Å². The van der Waals surface area contributed by atoms with Crippen LogP contribution in [0.2, 0.25) is 0 Å². The Morgan fingerprint density at radius 1 is 1.29 bits per heavy atom. The van der Waals surface area contributed by atoms with E-state index in [1.54, 1.807) is 25.1 Å². The Morgan fingerprint density at radius 2 is 2.00 bits per heavy atom. The standard InChI is InChI=1S/C13H14N2O2/c1-8-4-5-9-7-10(13(16)17)12(15(2)3)14-11(9)6-8/h4-7H,1-3H3,(H,16,17). The summed E-state index contributed by atoms with van der Waals surface area (Å²) >= 11 is 0. The summed E-state index contributed by atoms with van der Waals surface area (Å²) in [7, 11) is 3.58. The molecule has 0 saturated carbocycles. The van der Waals surface area contributed by atoms with Crippen LogP contribution in [0.15, 0.2) is 24.3 Å². The molecule has 1 aromatic heterocycles. The maximum Gasteiger partial charge on any atom is 0.339 e. The lowest BCUT2D eigenvalue weighted by atomic mass is 10.1. The molecule has 1 aromatic carbocycles. The van der Waals surface area contributed by atoms with Crippen molar-refractivity contribution in [2.24, 2.45) is 0 Å². The lowest BCUT2D eigenvalue weighted by Crippen LogP contribution is -2.15. The average molecular weight is 230 g/mol. The smallest absolute Gasteiger partial charge is 0.339 e. The molecule has 1 N–H and O–H groups in total. The van der Waals surface area contributed by atoms with Crippen molar-refractivity contribution in [3.8, 4) is 0 Å². The normalized spacial score (nSPS) is 10.5. The molecule has 17 heavy (non-hydrogen) atoms. The van der Waals surface area contributed by atoms with E-state index >= 15 is 0 Å². The number of carboxylic acids is 1. The minimum Gasteiger partial charge on any atom is -0.478 e. The molecule has 0 aliphatic heterocycles. The second-order valence-corrected chi connectivity index (χ2v) is 4.26. The van der Waals surface area contributed by atoms with Gasteiger partial charge >= 0.3 is 5.97 Å². The van der Waals surface area contributed by atoms with Crippen molar-refractivity contribution >= 4 is 22.7 Å². The van der Waals surface area contributed by atoms with Crippen LogP contribution >= 0.6 is 0 Å². The van der Waals surface area contributed by atoms with Gasteiger partial charge in [-0.25, -0.2) is 9.78 Å². The molecule has 1 heterocycles. The Morgan fingerprint density at radius 3 is 2.59 bits per heavy atom. The molecule has 0 spiro atoms. The van der Waals surface area contributed by atoms with Crippen molar-refractivity contribution in [1.29, 1.82) is 0 Å². The molecular formula is C13H14N2O2. The monoisotopic (exact) mass is 230 g/mol. The van der Waals surface area contributed by atoms with Crippen molar-refractivity contribution in [3.05, 3.63) is 35.4 Å². The molecule has 0 amide bonds. The number of hydrogen-bond donors (Lipinski definition) is 1. The lowest BCUT2D eigenvalue weighted by molar-refractivity contribution is 0.0697. The molecule has 4 heteroatoms. The zero-order valence-electron chi connectivity index (χ0n) is 10.1. The minimum absolute atomic E-state index is 0.228. The van der Waals surface area contributed by atoms with Gasteiger partial charge in [0.25, 0.3) is 0 Å². The molecule has 88 valence electrons. The van der Waals surface area contributed by atoms with Gasteiger partial charge in [-0.2, -0.15) is 0 Å². The van der Waals surface area contributed by atoms with Crippen molar-refractivity contribution in [3.63, 3.8) is 0 Å². The number of pyridine rings is 1. The molecule has 0 bridgehead atoms. The number of nitrogens with zero attached hydrogens (tertiary/aromatic N) is 2. The molecule has 0 radical (unpaired) electrons. The predicted molar refractivity (Wildman–Crippen MR) is 67.8 cm³/mol. The molecule has 0 unspecified atom stereocenters. The van der Waals surface area contributed by atoms with E-state index in [0.717, 1.165) is 16.5 Å². The number of aromatic nitrogens is 1. The highest BCUT2D eigenvalue weighted by Gasteiger charge is 2.14. The van der Waals surface area contributed by atoms with Gasteiger partial charge in [0.2, 0.25) is 0 Å². The molecule has 2 rings (SSSR count). The minimum atomic E-state index is -0.955. The second kappa shape index (κ2) is 4.05. The molecule has 2 aromatic rings. The number of benzene rings is 1. The summed E-state index contributed by atoms with van der Waals surface area (Å²) in [5, 5.41) is 10.0. The van der Waals surface area contributed by atoms with E-state index in [2.05, 4.69) is 4.98 Å². The highest BCUT2D eigenvalue weighted by atomic mass is 16.4. The summed E-state index contributed by atoms with van der Waals surface area (Å²) in [4.78, 5) is 17.3. The first kappa shape index (κ1) is 11.4. The van der Waals surface area contributed by atoms with Crippen LogP contribution < -0.4 is 4.90 Å². The molecule has 0 aliphatic rings. The topological polar surface area (TPSA) is 53.4 Å². The first-order valence-electron chi connectivity index (χ1n) is 5.31. The van der Waals surface area contributed by atoms with Crippen LogP contribution in [-0.2, 0) is 0 Å². The zero-order valence-corrected chi connectivity index (χ0v) is 10.1. The second-order valence-electron chi connectivity index (χ2n) is 4.26. The predicted octanol–water partition coefficient (Wildman–Crippen LogP) is 2.31. The van der Waals surface area contributed by atoms with E-state index < -0.39 is 5.97 Å². The Hall–Kier alpha value is -2.10. The number of carboxylic acid groups (broad SMARTS) is 1. The summed E-state index contributed by atoms with van der Waals surface area (Å²) < 4.78 is 0. The van der Waals surface area contributed by atoms with Gasteiger partial charge in [-0.3, -0.25) is 0 Å². The lowest BCUT2D eigenvalue weighted by Gasteiger charge is -2.15. The number of aryl methyl sites for hydroxylation is 1. The molecule has 0 fully saturated rings. The van der Waals surface area contributed by atoms with Gasteiger partial charge in [0.05, 0.1) is 5.52 Å². The third kappa shape index (κ3) is 2.06. The zero-order chi connectivity index (χ0) is 12.6. The number of anilines is 1. The van der Waals surface area contributed by atoms with E-state index in [9.17, 15) is 4.79 Å². The van der Waals surface area contributed by atoms with Crippen molar-refractivity contribution in [2.75, 3.05) is 19.0 Å². The third-order valence-electron chi connectivity index (χ3n) is 2.61. The van der Waals surface area contributed by atoms with E-state index in [4.69, 9.17) is 5.11 Å². The number of aromatic carboxylic acids is 1. The van der Waals surface area contributed by atoms with Gasteiger partial charge in [-0.05, 0) is 24.6 Å². The Bertz CT molecular complexity index is 591. The average Bonchev–Trinajstić information content (AvgIpc) is 2.26. The summed E-state index contributed by atoms with van der Waals surface area (Å²) in [6, 6.07) is 7.46. The first-order valence-corrected chi connectivity index (χ1v) is 5.31. The SMILES string of the molecule is Cc1ccc2cc(C(=O)O)c(N(C)C)nc2c1. The van der Waals surface area contributed by atoms with E-state index in [1.807, 2.05) is 25.1 Å². The maximum atomic E-state index is 11.2. The fourth-order valence-electron chi connectivity index (χ4n) is 1.77. The first-order chi connectivity index (χ1) is 7.99. The number of carbonyl (C=O) groups is 1. The van der Waals surface area contributed by atoms with Crippen molar-refractivity contribution < 1.29 is 9.90 Å². The van der Waals surface area contributed by atoms with E-state index in [1.165, 1.54) is 0 Å². The van der Waals surface area contributed by atoms with Gasteiger partial charge in [0.1, 0.15) is 11.4 Å². The number of fused-ring (bicyclic) bond motifs is 1. The fourth-order valence-corrected chi connectivity index (χ4v) is 1.77. The van der Waals surface area contributed by atoms with Crippen LogP contribution in [0.4, 0.5) is 5.82 Å². The largest absolute Gasteiger partial charge is 0.478 e. The van der Waals surface area contributed by atoms with Crippen LogP contribution in [0, 0.1) is 6.92 Å². The maximum absolute atomic E-state index is 11.2. The molecule has 0 atom stereocenters. The van der Waals surface area contributed by atoms with Gasteiger partial charge in [0.15, 0.2) is 0 Å². The Labute approximate surface area is 99.5 Å². The van der Waals surface area contributed by atoms with Gasteiger partial charge < -0.3 is 10.0 Å². The molecule has 4 nitrogen and oxygen atoms in total. The van der Waals surface area contributed by atoms with Gasteiger partial charge in [0, 0.05) is 19.5 Å². The Kier molecular flexibility index (Phi) is 2.71. The van der Waals surface area contributed by atoms with Gasteiger partial charge in [-0.1, -0.05) is 12.1 Å². The van der Waals surface area contributed by atoms with Crippen LogP contribution in [0.1, 0.15) is 15.9 Å². The fraction of sp³-hybridized carbons (Fsp3) is 0.231. The third-order valence-corrected chi connectivity index (χ3v) is 2.61. The summed E-state index contributed by atoms with van der Waals surface area (Å²) in [5.41, 5.74) is 2.16. The highest BCUT2D eigenvalue weighted by Crippen LogP contribution is 2.23.